The number of nitrogens with zero attached hydrogens (tertiary/aromatic N) is 2. The quantitative estimate of drug-likeness (QED) is 0.750. The monoisotopic (exact) mass is 225 g/mol. The average molecular weight is 225 g/mol. The molecule has 0 aromatic rings. The molecule has 16 heavy (non-hydrogen) atoms. The van der Waals surface area contributed by atoms with Crippen LogP contribution in [0, 0.1) is 0 Å². The minimum Gasteiger partial charge on any atom is -0.343 e. The van der Waals surface area contributed by atoms with Crippen LogP contribution in [0.5, 0.6) is 0 Å². The number of likely N-dealkylation sites (N-methyl/N-ethyl adjacent to an activating group) is 1. The number of rotatable bonds is 3. The average Bonchev–Trinajstić information content (AvgIpc) is 2.30. The van der Waals surface area contributed by atoms with Gasteiger partial charge in [-0.05, 0) is 26.3 Å². The summed E-state index contributed by atoms with van der Waals surface area (Å²) in [5.41, 5.74) is 0. The van der Waals surface area contributed by atoms with Crippen LogP contribution in [0.15, 0.2) is 0 Å². The zero-order valence-corrected chi connectivity index (χ0v) is 10.2. The zero-order chi connectivity index (χ0) is 11.4. The van der Waals surface area contributed by atoms with E-state index in [-0.39, 0.29) is 0 Å². The maximum absolute atomic E-state index is 11.6. The smallest absolute Gasteiger partial charge is 0.222 e. The Kier molecular flexibility index (Phi) is 4.18. The minimum atomic E-state index is 0.359. The Balaban J connectivity index is 1.75. The molecule has 0 saturated carbocycles. The highest BCUT2D eigenvalue weighted by molar-refractivity contribution is 5.76. The van der Waals surface area contributed by atoms with Gasteiger partial charge in [-0.15, -0.1) is 0 Å². The first-order valence-electron chi connectivity index (χ1n) is 6.46. The highest BCUT2D eigenvalue weighted by Crippen LogP contribution is 2.13. The number of piperidine rings is 1. The topological polar surface area (TPSA) is 35.6 Å². The maximum atomic E-state index is 11.6. The molecule has 2 fully saturated rings. The fourth-order valence-corrected chi connectivity index (χ4v) is 2.59. The molecule has 1 unspecified atom stereocenters. The molecule has 0 aromatic carbocycles. The van der Waals surface area contributed by atoms with Crippen molar-refractivity contribution in [2.24, 2.45) is 0 Å². The van der Waals surface area contributed by atoms with E-state index in [4.69, 9.17) is 0 Å². The predicted octanol–water partition coefficient (Wildman–Crippen LogP) is 0.293. The first-order chi connectivity index (χ1) is 7.77. The second-order valence-electron chi connectivity index (χ2n) is 4.97. The summed E-state index contributed by atoms with van der Waals surface area (Å²) in [5.74, 6) is 0.359. The third kappa shape index (κ3) is 2.95. The molecule has 0 aromatic heterocycles. The SMILES string of the molecule is CN1CCNCC1CCN1CCCCC1=O. The lowest BCUT2D eigenvalue weighted by Gasteiger charge is -2.35. The maximum Gasteiger partial charge on any atom is 0.222 e. The molecule has 1 N–H and O–H groups in total. The molecular weight excluding hydrogens is 202 g/mol. The molecule has 92 valence electrons. The molecule has 1 atom stereocenters. The Morgan fingerprint density at radius 1 is 1.38 bits per heavy atom. The van der Waals surface area contributed by atoms with Crippen molar-refractivity contribution in [2.75, 3.05) is 39.8 Å². The van der Waals surface area contributed by atoms with Crippen LogP contribution in [0.3, 0.4) is 0 Å². The Morgan fingerprint density at radius 3 is 3.00 bits per heavy atom. The molecule has 2 heterocycles. The summed E-state index contributed by atoms with van der Waals surface area (Å²) in [6.45, 7) is 5.20. The number of hydrogen-bond donors (Lipinski definition) is 1. The van der Waals surface area contributed by atoms with Crippen LogP contribution in [0.4, 0.5) is 0 Å². The normalized spacial score (nSPS) is 28.4. The third-order valence-electron chi connectivity index (χ3n) is 3.80. The summed E-state index contributed by atoms with van der Waals surface area (Å²) in [7, 11) is 2.18. The number of amides is 1. The number of carbonyl (C=O) groups is 1. The Bertz CT molecular complexity index is 244. The molecule has 2 aliphatic rings. The molecule has 4 nitrogen and oxygen atoms in total. The van der Waals surface area contributed by atoms with E-state index in [1.807, 2.05) is 4.90 Å². The largest absolute Gasteiger partial charge is 0.343 e. The van der Waals surface area contributed by atoms with Crippen molar-refractivity contribution in [3.63, 3.8) is 0 Å². The Morgan fingerprint density at radius 2 is 2.25 bits per heavy atom. The van der Waals surface area contributed by atoms with Crippen molar-refractivity contribution in [2.45, 2.75) is 31.7 Å². The molecule has 0 aliphatic carbocycles. The fraction of sp³-hybridized carbons (Fsp3) is 0.917. The molecule has 0 spiro atoms. The van der Waals surface area contributed by atoms with Gasteiger partial charge in [-0.3, -0.25) is 4.79 Å². The van der Waals surface area contributed by atoms with E-state index in [1.54, 1.807) is 0 Å². The number of hydrogen-bond acceptors (Lipinski definition) is 3. The summed E-state index contributed by atoms with van der Waals surface area (Å²) in [4.78, 5) is 16.1. The van der Waals surface area contributed by atoms with E-state index in [0.717, 1.165) is 52.0 Å². The standard InChI is InChI=1S/C12H23N3O/c1-14-9-6-13-10-11(14)5-8-15-7-3-2-4-12(15)16/h11,13H,2-10H2,1H3. The van der Waals surface area contributed by atoms with E-state index in [0.29, 0.717) is 11.9 Å². The lowest BCUT2D eigenvalue weighted by molar-refractivity contribution is -0.133. The summed E-state index contributed by atoms with van der Waals surface area (Å²) < 4.78 is 0. The van der Waals surface area contributed by atoms with Crippen molar-refractivity contribution < 1.29 is 4.79 Å². The van der Waals surface area contributed by atoms with E-state index >= 15 is 0 Å². The van der Waals surface area contributed by atoms with Crippen LogP contribution in [-0.4, -0.2) is 61.5 Å². The van der Waals surface area contributed by atoms with Crippen molar-refractivity contribution in [1.82, 2.24) is 15.1 Å². The van der Waals surface area contributed by atoms with Gasteiger partial charge < -0.3 is 15.1 Å². The zero-order valence-electron chi connectivity index (χ0n) is 10.2. The van der Waals surface area contributed by atoms with Crippen molar-refractivity contribution in [3.8, 4) is 0 Å². The Hall–Kier alpha value is -0.610. The van der Waals surface area contributed by atoms with Crippen molar-refractivity contribution in [3.05, 3.63) is 0 Å². The summed E-state index contributed by atoms with van der Waals surface area (Å²) in [6, 6.07) is 0.600. The minimum absolute atomic E-state index is 0.359. The second kappa shape index (κ2) is 5.64. The molecule has 2 rings (SSSR count). The van der Waals surface area contributed by atoms with Gasteiger partial charge in [0, 0.05) is 45.2 Å². The van der Waals surface area contributed by atoms with Crippen LogP contribution in [0.1, 0.15) is 25.7 Å². The van der Waals surface area contributed by atoms with Crippen molar-refractivity contribution >= 4 is 5.91 Å². The van der Waals surface area contributed by atoms with Gasteiger partial charge in [0.2, 0.25) is 5.91 Å². The lowest BCUT2D eigenvalue weighted by Crippen LogP contribution is -2.50. The van der Waals surface area contributed by atoms with E-state index in [9.17, 15) is 4.79 Å². The second-order valence-corrected chi connectivity index (χ2v) is 4.97. The third-order valence-corrected chi connectivity index (χ3v) is 3.80. The summed E-state index contributed by atoms with van der Waals surface area (Å²) in [5, 5.41) is 3.42. The van der Waals surface area contributed by atoms with Crippen LogP contribution in [0.2, 0.25) is 0 Å². The van der Waals surface area contributed by atoms with Gasteiger partial charge in [0.1, 0.15) is 0 Å². The predicted molar refractivity (Wildman–Crippen MR) is 64.3 cm³/mol. The van der Waals surface area contributed by atoms with Gasteiger partial charge in [-0.1, -0.05) is 0 Å². The van der Waals surface area contributed by atoms with Gasteiger partial charge >= 0.3 is 0 Å². The van der Waals surface area contributed by atoms with Crippen molar-refractivity contribution in [1.29, 1.82) is 0 Å². The van der Waals surface area contributed by atoms with Crippen LogP contribution >= 0.6 is 0 Å². The molecule has 2 aliphatic heterocycles. The number of carbonyl (C=O) groups excluding carboxylic acids is 1. The summed E-state index contributed by atoms with van der Waals surface area (Å²) in [6.07, 6.45) is 4.14. The number of nitrogens with one attached hydrogen (secondary N) is 1. The highest BCUT2D eigenvalue weighted by atomic mass is 16.2. The molecule has 0 radical (unpaired) electrons. The van der Waals surface area contributed by atoms with Crippen LogP contribution in [0.25, 0.3) is 0 Å². The Labute approximate surface area is 98.0 Å². The molecule has 1 amide bonds. The van der Waals surface area contributed by atoms with E-state index in [1.165, 1.54) is 6.42 Å². The highest BCUT2D eigenvalue weighted by Gasteiger charge is 2.22. The number of piperazine rings is 1. The lowest BCUT2D eigenvalue weighted by atomic mass is 10.1. The first-order valence-corrected chi connectivity index (χ1v) is 6.46. The molecule has 2 saturated heterocycles. The molecule has 4 heteroatoms. The molecule has 0 bridgehead atoms. The van der Waals surface area contributed by atoms with Crippen LogP contribution in [-0.2, 0) is 4.79 Å². The summed E-state index contributed by atoms with van der Waals surface area (Å²) >= 11 is 0. The van der Waals surface area contributed by atoms with Gasteiger partial charge in [-0.2, -0.15) is 0 Å². The number of likely N-dealkylation sites (tertiary alicyclic amines) is 1. The van der Waals surface area contributed by atoms with E-state index in [2.05, 4.69) is 17.3 Å². The fourth-order valence-electron chi connectivity index (χ4n) is 2.59. The van der Waals surface area contributed by atoms with Gasteiger partial charge in [0.25, 0.3) is 0 Å². The van der Waals surface area contributed by atoms with Gasteiger partial charge in [0.05, 0.1) is 0 Å². The van der Waals surface area contributed by atoms with E-state index < -0.39 is 0 Å². The molecular formula is C12H23N3O. The van der Waals surface area contributed by atoms with Gasteiger partial charge in [-0.25, -0.2) is 0 Å². The first kappa shape index (κ1) is 11.9. The van der Waals surface area contributed by atoms with Gasteiger partial charge in [0.15, 0.2) is 0 Å². The van der Waals surface area contributed by atoms with Crippen LogP contribution < -0.4 is 5.32 Å².